The summed E-state index contributed by atoms with van der Waals surface area (Å²) in [5, 5.41) is 11.1. The van der Waals surface area contributed by atoms with Gasteiger partial charge in [-0.1, -0.05) is 11.8 Å². The lowest BCUT2D eigenvalue weighted by Gasteiger charge is -2.20. The first-order chi connectivity index (χ1) is 12.6. The Morgan fingerprint density at radius 2 is 2.08 bits per heavy atom. The van der Waals surface area contributed by atoms with E-state index >= 15 is 0 Å². The molecule has 0 atom stereocenters. The summed E-state index contributed by atoms with van der Waals surface area (Å²) in [5.74, 6) is 0.341. The van der Waals surface area contributed by atoms with Crippen LogP contribution in [0.5, 0.6) is 0 Å². The summed E-state index contributed by atoms with van der Waals surface area (Å²) in [6.45, 7) is 7.19. The monoisotopic (exact) mass is 353 g/mol. The summed E-state index contributed by atoms with van der Waals surface area (Å²) in [5.41, 5.74) is 1.95. The van der Waals surface area contributed by atoms with Crippen LogP contribution in [0.1, 0.15) is 35.8 Å². The molecule has 1 heterocycles. The topological polar surface area (TPSA) is 80.1 Å². The number of carbonyl (C=O) groups is 2. The molecule has 1 aliphatic rings. The second kappa shape index (κ2) is 7.95. The fourth-order valence-electron chi connectivity index (χ4n) is 2.69. The zero-order chi connectivity index (χ0) is 18.5. The molecule has 0 radical (unpaired) electrons. The number of anilines is 1. The summed E-state index contributed by atoms with van der Waals surface area (Å²) >= 11 is 0. The molecule has 0 bridgehead atoms. The van der Waals surface area contributed by atoms with Crippen molar-refractivity contribution in [3.63, 3.8) is 0 Å². The van der Waals surface area contributed by atoms with E-state index in [0.717, 1.165) is 6.54 Å². The zero-order valence-corrected chi connectivity index (χ0v) is 14.9. The van der Waals surface area contributed by atoms with Crippen LogP contribution in [0.25, 0.3) is 0 Å². The number of carbonyl (C=O) groups excluding carboxylic acids is 2. The van der Waals surface area contributed by atoms with Crippen molar-refractivity contribution in [2.45, 2.75) is 32.9 Å². The third kappa shape index (κ3) is 4.36. The number of hydrogen-bond donors (Lipinski definition) is 1. The first kappa shape index (κ1) is 17.8. The van der Waals surface area contributed by atoms with Gasteiger partial charge in [0.2, 0.25) is 0 Å². The van der Waals surface area contributed by atoms with Crippen molar-refractivity contribution >= 4 is 17.5 Å². The highest BCUT2D eigenvalue weighted by Gasteiger charge is 2.23. The van der Waals surface area contributed by atoms with Gasteiger partial charge in [0, 0.05) is 24.3 Å². The van der Waals surface area contributed by atoms with Crippen LogP contribution >= 0.6 is 0 Å². The Kier molecular flexibility index (Phi) is 5.46. The number of hydrogen-bond acceptors (Lipinski definition) is 4. The average molecular weight is 353 g/mol. The normalized spacial score (nSPS) is 13.3. The predicted octanol–water partition coefficient (Wildman–Crippen LogP) is 2.16. The first-order valence-electron chi connectivity index (χ1n) is 8.82. The smallest absolute Gasteiger partial charge is 0.251 e. The second-order valence-electron chi connectivity index (χ2n) is 6.41. The number of amides is 2. The molecule has 2 aromatic rings. The number of nitrogens with one attached hydrogen (secondary N) is 1. The molecule has 1 N–H and O–H groups in total. The van der Waals surface area contributed by atoms with E-state index in [2.05, 4.69) is 22.2 Å². The molecule has 1 aromatic heterocycles. The van der Waals surface area contributed by atoms with Crippen LogP contribution in [-0.2, 0) is 17.9 Å². The van der Waals surface area contributed by atoms with E-state index < -0.39 is 0 Å². The minimum atomic E-state index is -0.229. The summed E-state index contributed by atoms with van der Waals surface area (Å²) in [6.07, 6.45) is 5.64. The minimum absolute atomic E-state index is 0.135. The third-order valence-corrected chi connectivity index (χ3v) is 4.27. The maximum atomic E-state index is 12.3. The summed E-state index contributed by atoms with van der Waals surface area (Å²) in [7, 11) is 0. The highest BCUT2D eigenvalue weighted by molar-refractivity contribution is 6.01. The SMILES string of the molecule is C=CC(=O)N(Cc1cn(CC2CC2)nn1)c1ccc(C(=O)NCC)cc1. The van der Waals surface area contributed by atoms with Crippen molar-refractivity contribution < 1.29 is 9.59 Å². The number of benzene rings is 1. The fourth-order valence-corrected chi connectivity index (χ4v) is 2.69. The Bertz CT molecular complexity index is 793. The molecule has 2 amide bonds. The van der Waals surface area contributed by atoms with E-state index in [-0.39, 0.29) is 11.8 Å². The minimum Gasteiger partial charge on any atom is -0.352 e. The molecule has 0 unspecified atom stereocenters. The largest absolute Gasteiger partial charge is 0.352 e. The lowest BCUT2D eigenvalue weighted by molar-refractivity contribution is -0.114. The molecule has 1 aliphatic carbocycles. The lowest BCUT2D eigenvalue weighted by Crippen LogP contribution is -2.29. The van der Waals surface area contributed by atoms with Crippen molar-refractivity contribution in [2.75, 3.05) is 11.4 Å². The number of aromatic nitrogens is 3. The molecular formula is C19H23N5O2. The van der Waals surface area contributed by atoms with Crippen LogP contribution in [0, 0.1) is 5.92 Å². The Morgan fingerprint density at radius 1 is 1.35 bits per heavy atom. The van der Waals surface area contributed by atoms with Gasteiger partial charge in [-0.3, -0.25) is 14.3 Å². The van der Waals surface area contributed by atoms with Crippen molar-refractivity contribution in [3.05, 3.63) is 54.4 Å². The molecule has 26 heavy (non-hydrogen) atoms. The van der Waals surface area contributed by atoms with Gasteiger partial charge in [0.1, 0.15) is 5.69 Å². The van der Waals surface area contributed by atoms with E-state index in [0.29, 0.717) is 36.0 Å². The van der Waals surface area contributed by atoms with Crippen LogP contribution in [0.3, 0.4) is 0 Å². The molecule has 1 saturated carbocycles. The van der Waals surface area contributed by atoms with Crippen LogP contribution in [-0.4, -0.2) is 33.4 Å². The first-order valence-corrected chi connectivity index (χ1v) is 8.82. The molecule has 3 rings (SSSR count). The van der Waals surface area contributed by atoms with E-state index in [1.807, 2.05) is 17.8 Å². The molecule has 1 aromatic carbocycles. The fraction of sp³-hybridized carbons (Fsp3) is 0.368. The van der Waals surface area contributed by atoms with E-state index in [1.54, 1.807) is 29.2 Å². The van der Waals surface area contributed by atoms with Gasteiger partial charge in [0.15, 0.2) is 0 Å². The highest BCUT2D eigenvalue weighted by Crippen LogP contribution is 2.30. The summed E-state index contributed by atoms with van der Waals surface area (Å²) in [4.78, 5) is 25.7. The Balaban J connectivity index is 1.74. The maximum Gasteiger partial charge on any atom is 0.251 e. The molecule has 0 saturated heterocycles. The van der Waals surface area contributed by atoms with Gasteiger partial charge < -0.3 is 10.2 Å². The quantitative estimate of drug-likeness (QED) is 0.738. The molecule has 1 fully saturated rings. The second-order valence-corrected chi connectivity index (χ2v) is 6.41. The third-order valence-electron chi connectivity index (χ3n) is 4.27. The van der Waals surface area contributed by atoms with E-state index in [1.165, 1.54) is 18.9 Å². The van der Waals surface area contributed by atoms with E-state index in [9.17, 15) is 9.59 Å². The van der Waals surface area contributed by atoms with Crippen LogP contribution in [0.15, 0.2) is 43.1 Å². The van der Waals surface area contributed by atoms with Crippen molar-refractivity contribution in [2.24, 2.45) is 5.92 Å². The van der Waals surface area contributed by atoms with Gasteiger partial charge in [-0.2, -0.15) is 0 Å². The predicted molar refractivity (Wildman–Crippen MR) is 98.6 cm³/mol. The molecule has 0 spiro atoms. The Labute approximate surface area is 152 Å². The molecular weight excluding hydrogens is 330 g/mol. The van der Waals surface area contributed by atoms with Gasteiger partial charge in [0.05, 0.1) is 12.7 Å². The summed E-state index contributed by atoms with van der Waals surface area (Å²) in [6, 6.07) is 6.91. The van der Waals surface area contributed by atoms with Gasteiger partial charge in [0.25, 0.3) is 11.8 Å². The zero-order valence-electron chi connectivity index (χ0n) is 14.9. The van der Waals surface area contributed by atoms with Crippen molar-refractivity contribution in [1.82, 2.24) is 20.3 Å². The Hall–Kier alpha value is -2.96. The average Bonchev–Trinajstić information content (AvgIpc) is 3.36. The van der Waals surface area contributed by atoms with Crippen LogP contribution < -0.4 is 10.2 Å². The standard InChI is InChI=1S/C19H23N5O2/c1-3-18(25)24(13-16-12-23(22-21-16)11-14-5-6-14)17-9-7-15(8-10-17)19(26)20-4-2/h3,7-10,12,14H,1,4-6,11,13H2,2H3,(H,20,26). The van der Waals surface area contributed by atoms with Gasteiger partial charge in [-0.05, 0) is 56.0 Å². The lowest BCUT2D eigenvalue weighted by atomic mass is 10.1. The highest BCUT2D eigenvalue weighted by atomic mass is 16.2. The molecule has 7 heteroatoms. The Morgan fingerprint density at radius 3 is 2.69 bits per heavy atom. The van der Waals surface area contributed by atoms with Gasteiger partial charge >= 0.3 is 0 Å². The van der Waals surface area contributed by atoms with E-state index in [4.69, 9.17) is 0 Å². The maximum absolute atomic E-state index is 12.3. The molecule has 7 nitrogen and oxygen atoms in total. The van der Waals surface area contributed by atoms with Crippen LogP contribution in [0.4, 0.5) is 5.69 Å². The summed E-state index contributed by atoms with van der Waals surface area (Å²) < 4.78 is 1.84. The van der Waals surface area contributed by atoms with Gasteiger partial charge in [-0.15, -0.1) is 5.10 Å². The van der Waals surface area contributed by atoms with Gasteiger partial charge in [-0.25, -0.2) is 0 Å². The van der Waals surface area contributed by atoms with Crippen LogP contribution in [0.2, 0.25) is 0 Å². The molecule has 0 aliphatic heterocycles. The number of rotatable bonds is 8. The molecule has 136 valence electrons. The number of nitrogens with zero attached hydrogens (tertiary/aromatic N) is 4. The van der Waals surface area contributed by atoms with Crippen molar-refractivity contribution in [3.8, 4) is 0 Å². The van der Waals surface area contributed by atoms with Crippen molar-refractivity contribution in [1.29, 1.82) is 0 Å².